The van der Waals surface area contributed by atoms with Crippen molar-refractivity contribution < 1.29 is 14.3 Å². The lowest BCUT2D eigenvalue weighted by molar-refractivity contribution is -0.125. The Labute approximate surface area is 110 Å². The van der Waals surface area contributed by atoms with Gasteiger partial charge in [0, 0.05) is 6.04 Å². The van der Waals surface area contributed by atoms with Crippen molar-refractivity contribution in [2.75, 3.05) is 7.11 Å². The first-order valence-corrected chi connectivity index (χ1v) is 6.48. The van der Waals surface area contributed by atoms with Gasteiger partial charge in [-0.05, 0) is 18.8 Å². The second-order valence-corrected chi connectivity index (χ2v) is 5.04. The minimum atomic E-state index is -0.583. The van der Waals surface area contributed by atoms with Crippen molar-refractivity contribution in [1.82, 2.24) is 10.6 Å². The van der Waals surface area contributed by atoms with E-state index in [4.69, 9.17) is 0 Å². The Kier molecular flexibility index (Phi) is 7.39. The zero-order valence-electron chi connectivity index (χ0n) is 12.2. The van der Waals surface area contributed by atoms with E-state index < -0.39 is 12.1 Å². The lowest BCUT2D eigenvalue weighted by atomic mass is 9.98. The maximum Gasteiger partial charge on any atom is 0.407 e. The van der Waals surface area contributed by atoms with Crippen LogP contribution in [0.3, 0.4) is 0 Å². The van der Waals surface area contributed by atoms with Gasteiger partial charge in [0.15, 0.2) is 0 Å². The van der Waals surface area contributed by atoms with Crippen LogP contribution in [0.15, 0.2) is 0 Å². The number of amides is 2. The first-order chi connectivity index (χ1) is 8.33. The molecule has 1 unspecified atom stereocenters. The molecule has 18 heavy (non-hydrogen) atoms. The van der Waals surface area contributed by atoms with Gasteiger partial charge in [0.25, 0.3) is 0 Å². The molecular weight excluding hydrogens is 232 g/mol. The number of hydrogen-bond donors (Lipinski definition) is 2. The van der Waals surface area contributed by atoms with Crippen LogP contribution < -0.4 is 10.6 Å². The fourth-order valence-electron chi connectivity index (χ4n) is 1.53. The summed E-state index contributed by atoms with van der Waals surface area (Å²) in [6.45, 7) is 9.91. The lowest BCUT2D eigenvalue weighted by Gasteiger charge is -2.25. The van der Waals surface area contributed by atoms with E-state index >= 15 is 0 Å². The van der Waals surface area contributed by atoms with Crippen molar-refractivity contribution in [3.63, 3.8) is 0 Å². The number of ether oxygens (including phenoxy) is 1. The molecule has 5 nitrogen and oxygen atoms in total. The average Bonchev–Trinajstić information content (AvgIpc) is 2.33. The summed E-state index contributed by atoms with van der Waals surface area (Å²) in [5.74, 6) is 0.247. The van der Waals surface area contributed by atoms with Crippen molar-refractivity contribution in [3.8, 4) is 0 Å². The van der Waals surface area contributed by atoms with Crippen LogP contribution >= 0.6 is 0 Å². The van der Waals surface area contributed by atoms with Gasteiger partial charge < -0.3 is 15.4 Å². The summed E-state index contributed by atoms with van der Waals surface area (Å²) in [5, 5.41) is 5.49. The molecule has 2 N–H and O–H groups in total. The Bertz CT molecular complexity index is 279. The maximum absolute atomic E-state index is 12.1. The molecule has 0 rings (SSSR count). The van der Waals surface area contributed by atoms with Crippen molar-refractivity contribution in [2.24, 2.45) is 11.8 Å². The van der Waals surface area contributed by atoms with E-state index in [9.17, 15) is 9.59 Å². The number of hydrogen-bond acceptors (Lipinski definition) is 3. The maximum atomic E-state index is 12.1. The summed E-state index contributed by atoms with van der Waals surface area (Å²) in [6.07, 6.45) is 0.415. The quantitative estimate of drug-likeness (QED) is 0.765. The third kappa shape index (κ3) is 5.38. The predicted octanol–water partition coefficient (Wildman–Crippen LogP) is 1.92. The number of rotatable bonds is 6. The Morgan fingerprint density at radius 3 is 2.06 bits per heavy atom. The molecule has 0 aromatic heterocycles. The second-order valence-electron chi connectivity index (χ2n) is 5.04. The Balaban J connectivity index is 4.53. The summed E-state index contributed by atoms with van der Waals surface area (Å²) < 4.78 is 4.52. The molecule has 5 heteroatoms. The van der Waals surface area contributed by atoms with Crippen LogP contribution in [-0.2, 0) is 9.53 Å². The molecule has 0 radical (unpaired) electrons. The number of carbonyl (C=O) groups is 2. The van der Waals surface area contributed by atoms with E-state index in [0.717, 1.165) is 6.42 Å². The molecule has 0 fully saturated rings. The molecular formula is C13H26N2O3. The Morgan fingerprint density at radius 1 is 1.11 bits per heavy atom. The zero-order chi connectivity index (χ0) is 14.3. The average molecular weight is 258 g/mol. The van der Waals surface area contributed by atoms with Gasteiger partial charge in [-0.3, -0.25) is 4.79 Å². The van der Waals surface area contributed by atoms with E-state index in [1.807, 2.05) is 20.8 Å². The third-order valence-corrected chi connectivity index (χ3v) is 3.28. The number of nitrogens with one attached hydrogen (secondary N) is 2. The van der Waals surface area contributed by atoms with Crippen molar-refractivity contribution in [2.45, 2.75) is 53.1 Å². The van der Waals surface area contributed by atoms with Gasteiger partial charge in [0.1, 0.15) is 6.04 Å². The third-order valence-electron chi connectivity index (χ3n) is 3.28. The highest BCUT2D eigenvalue weighted by molar-refractivity contribution is 5.86. The molecule has 106 valence electrons. The first-order valence-electron chi connectivity index (χ1n) is 6.48. The largest absolute Gasteiger partial charge is 0.453 e. The fraction of sp³-hybridized carbons (Fsp3) is 0.846. The number of carbonyl (C=O) groups excluding carboxylic acids is 2. The highest BCUT2D eigenvalue weighted by atomic mass is 16.5. The SMILES string of the molecule is CCC(C)[C@@H](C)NC(=O)[C@@H](NC(=O)OC)C(C)C. The first kappa shape index (κ1) is 16.7. The molecule has 0 aliphatic rings. The highest BCUT2D eigenvalue weighted by Crippen LogP contribution is 2.08. The molecule has 0 spiro atoms. The van der Waals surface area contributed by atoms with E-state index in [1.54, 1.807) is 0 Å². The summed E-state index contributed by atoms with van der Waals surface area (Å²) in [4.78, 5) is 23.3. The molecule has 0 saturated heterocycles. The zero-order valence-corrected chi connectivity index (χ0v) is 12.2. The van der Waals surface area contributed by atoms with Gasteiger partial charge in [-0.2, -0.15) is 0 Å². The predicted molar refractivity (Wildman–Crippen MR) is 71.2 cm³/mol. The minimum absolute atomic E-state index is 0.00762. The monoisotopic (exact) mass is 258 g/mol. The van der Waals surface area contributed by atoms with Crippen LogP contribution in [0.2, 0.25) is 0 Å². The minimum Gasteiger partial charge on any atom is -0.453 e. The highest BCUT2D eigenvalue weighted by Gasteiger charge is 2.26. The number of methoxy groups -OCH3 is 1. The van der Waals surface area contributed by atoms with Crippen LogP contribution in [0.25, 0.3) is 0 Å². The topological polar surface area (TPSA) is 67.4 Å². The van der Waals surface area contributed by atoms with Crippen LogP contribution in [0.1, 0.15) is 41.0 Å². The van der Waals surface area contributed by atoms with Gasteiger partial charge in [-0.15, -0.1) is 0 Å². The van der Waals surface area contributed by atoms with Crippen molar-refractivity contribution in [3.05, 3.63) is 0 Å². The molecule has 0 saturated carbocycles. The standard InChI is InChI=1S/C13H26N2O3/c1-7-9(4)10(5)14-12(16)11(8(2)3)15-13(17)18-6/h8-11H,7H2,1-6H3,(H,14,16)(H,15,17)/t9?,10-,11+/m1/s1. The van der Waals surface area contributed by atoms with E-state index in [-0.39, 0.29) is 17.9 Å². The Morgan fingerprint density at radius 2 is 1.67 bits per heavy atom. The summed E-state index contributed by atoms with van der Waals surface area (Å²) in [5.41, 5.74) is 0. The van der Waals surface area contributed by atoms with Gasteiger partial charge in [0.05, 0.1) is 7.11 Å². The second kappa shape index (κ2) is 7.95. The molecule has 0 aromatic rings. The van der Waals surface area contributed by atoms with Crippen LogP contribution in [0.4, 0.5) is 4.79 Å². The van der Waals surface area contributed by atoms with Gasteiger partial charge >= 0.3 is 6.09 Å². The van der Waals surface area contributed by atoms with Gasteiger partial charge in [-0.1, -0.05) is 34.1 Å². The van der Waals surface area contributed by atoms with Gasteiger partial charge in [-0.25, -0.2) is 4.79 Å². The molecule has 0 aliphatic carbocycles. The molecule has 3 atom stereocenters. The van der Waals surface area contributed by atoms with Crippen LogP contribution in [0, 0.1) is 11.8 Å². The van der Waals surface area contributed by atoms with E-state index in [2.05, 4.69) is 29.2 Å². The molecule has 2 amide bonds. The molecule has 0 aliphatic heterocycles. The lowest BCUT2D eigenvalue weighted by Crippen LogP contribution is -2.52. The summed E-state index contributed by atoms with van der Waals surface area (Å²) in [7, 11) is 1.28. The van der Waals surface area contributed by atoms with Gasteiger partial charge in [0.2, 0.25) is 5.91 Å². The van der Waals surface area contributed by atoms with E-state index in [1.165, 1.54) is 7.11 Å². The summed E-state index contributed by atoms with van der Waals surface area (Å²) in [6, 6.07) is -0.479. The molecule has 0 bridgehead atoms. The fourth-order valence-corrected chi connectivity index (χ4v) is 1.53. The Hall–Kier alpha value is -1.26. The normalized spacial score (nSPS) is 15.7. The van der Waals surface area contributed by atoms with Crippen molar-refractivity contribution >= 4 is 12.0 Å². The van der Waals surface area contributed by atoms with Crippen LogP contribution in [-0.4, -0.2) is 31.2 Å². The smallest absolute Gasteiger partial charge is 0.407 e. The van der Waals surface area contributed by atoms with E-state index in [0.29, 0.717) is 5.92 Å². The molecule has 0 aromatic carbocycles. The van der Waals surface area contributed by atoms with Crippen molar-refractivity contribution in [1.29, 1.82) is 0 Å². The number of alkyl carbamates (subject to hydrolysis) is 1. The van der Waals surface area contributed by atoms with Crippen LogP contribution in [0.5, 0.6) is 0 Å². The molecule has 0 heterocycles. The summed E-state index contributed by atoms with van der Waals surface area (Å²) >= 11 is 0.